The highest BCUT2D eigenvalue weighted by atomic mass is 16.5. The summed E-state index contributed by atoms with van der Waals surface area (Å²) in [4.78, 5) is 24.9. The number of aliphatic carboxylic acids is 1. The van der Waals surface area contributed by atoms with E-state index in [9.17, 15) is 9.59 Å². The zero-order valence-corrected chi connectivity index (χ0v) is 14.6. The van der Waals surface area contributed by atoms with Crippen LogP contribution in [0.3, 0.4) is 0 Å². The van der Waals surface area contributed by atoms with Crippen LogP contribution in [0.1, 0.15) is 26.7 Å². The molecule has 0 spiro atoms. The van der Waals surface area contributed by atoms with Crippen molar-refractivity contribution in [1.82, 2.24) is 4.90 Å². The van der Waals surface area contributed by atoms with Crippen LogP contribution in [0.15, 0.2) is 24.3 Å². The van der Waals surface area contributed by atoms with Gasteiger partial charge in [-0.1, -0.05) is 0 Å². The van der Waals surface area contributed by atoms with Crippen LogP contribution in [-0.2, 0) is 14.3 Å². The lowest BCUT2D eigenvalue weighted by Crippen LogP contribution is -2.51. The average molecular weight is 351 g/mol. The maximum absolute atomic E-state index is 12.2. The smallest absolute Gasteiger partial charge is 0.334 e. The van der Waals surface area contributed by atoms with Crippen LogP contribution in [0, 0.1) is 0 Å². The molecule has 0 saturated carbocycles. The predicted molar refractivity (Wildman–Crippen MR) is 90.9 cm³/mol. The van der Waals surface area contributed by atoms with Crippen LogP contribution in [0.25, 0.3) is 0 Å². The number of carboxylic acid groups (broad SMARTS) is 1. The number of amides is 1. The molecule has 2 rings (SSSR count). The van der Waals surface area contributed by atoms with Crippen LogP contribution in [0.4, 0.5) is 0 Å². The Morgan fingerprint density at radius 2 is 1.84 bits per heavy atom. The summed E-state index contributed by atoms with van der Waals surface area (Å²) in [6.45, 7) is 5.24. The van der Waals surface area contributed by atoms with E-state index in [-0.39, 0.29) is 18.6 Å². The van der Waals surface area contributed by atoms with Crippen LogP contribution < -0.4 is 9.47 Å². The molecule has 1 aliphatic heterocycles. The van der Waals surface area contributed by atoms with Gasteiger partial charge < -0.3 is 24.2 Å². The van der Waals surface area contributed by atoms with Crippen LogP contribution in [-0.4, -0.2) is 60.4 Å². The second-order valence-electron chi connectivity index (χ2n) is 5.93. The van der Waals surface area contributed by atoms with Gasteiger partial charge in [0, 0.05) is 13.0 Å². The van der Waals surface area contributed by atoms with Gasteiger partial charge in [0.25, 0.3) is 0 Å². The second kappa shape index (κ2) is 9.27. The molecule has 7 nitrogen and oxygen atoms in total. The molecule has 1 aliphatic rings. The Morgan fingerprint density at radius 3 is 2.44 bits per heavy atom. The van der Waals surface area contributed by atoms with Crippen molar-refractivity contribution in [3.63, 3.8) is 0 Å². The molecule has 0 aromatic heterocycles. The van der Waals surface area contributed by atoms with E-state index < -0.39 is 12.1 Å². The number of hydrogen-bond acceptors (Lipinski definition) is 5. The van der Waals surface area contributed by atoms with Crippen LogP contribution in [0.2, 0.25) is 0 Å². The van der Waals surface area contributed by atoms with E-state index in [0.29, 0.717) is 32.6 Å². The SMILES string of the molecule is CCOc1ccc(OCCCC(=O)N2CC(C(=O)O)O[C@H](C)C2)cc1. The number of carboxylic acids is 1. The molecule has 1 N–H and O–H groups in total. The lowest BCUT2D eigenvalue weighted by molar-refractivity contribution is -0.166. The first-order valence-electron chi connectivity index (χ1n) is 8.51. The van der Waals surface area contributed by atoms with Crippen molar-refractivity contribution >= 4 is 11.9 Å². The fourth-order valence-corrected chi connectivity index (χ4v) is 2.66. The van der Waals surface area contributed by atoms with Crippen molar-refractivity contribution in [1.29, 1.82) is 0 Å². The molecule has 1 unspecified atom stereocenters. The predicted octanol–water partition coefficient (Wildman–Crippen LogP) is 1.94. The molecular formula is C18H25NO6. The minimum absolute atomic E-state index is 0.0725. The van der Waals surface area contributed by atoms with E-state index in [4.69, 9.17) is 19.3 Å². The lowest BCUT2D eigenvalue weighted by atomic mass is 10.2. The Labute approximate surface area is 147 Å². The summed E-state index contributed by atoms with van der Waals surface area (Å²) < 4.78 is 16.3. The van der Waals surface area contributed by atoms with Gasteiger partial charge in [-0.3, -0.25) is 4.79 Å². The number of benzene rings is 1. The quantitative estimate of drug-likeness (QED) is 0.721. The van der Waals surface area contributed by atoms with Gasteiger partial charge >= 0.3 is 5.97 Å². The molecule has 1 aromatic rings. The highest BCUT2D eigenvalue weighted by molar-refractivity contribution is 5.78. The standard InChI is InChI=1S/C18H25NO6/c1-3-23-14-6-8-15(9-7-14)24-10-4-5-17(20)19-11-13(2)25-16(12-19)18(21)22/h6-9,13,16H,3-5,10-12H2,1-2H3,(H,21,22)/t13-,16?/m1/s1. The number of hydrogen-bond donors (Lipinski definition) is 1. The van der Waals surface area contributed by atoms with Gasteiger partial charge in [-0.2, -0.15) is 0 Å². The molecule has 1 fully saturated rings. The fourth-order valence-electron chi connectivity index (χ4n) is 2.66. The molecule has 0 aliphatic carbocycles. The zero-order chi connectivity index (χ0) is 18.2. The number of carbonyl (C=O) groups excluding carboxylic acids is 1. The maximum Gasteiger partial charge on any atom is 0.334 e. The second-order valence-corrected chi connectivity index (χ2v) is 5.93. The summed E-state index contributed by atoms with van der Waals surface area (Å²) in [5.41, 5.74) is 0. The van der Waals surface area contributed by atoms with Gasteiger partial charge in [-0.15, -0.1) is 0 Å². The maximum atomic E-state index is 12.2. The molecule has 2 atom stereocenters. The van der Waals surface area contributed by atoms with Crippen molar-refractivity contribution < 1.29 is 28.9 Å². The van der Waals surface area contributed by atoms with Gasteiger partial charge in [-0.25, -0.2) is 4.79 Å². The van der Waals surface area contributed by atoms with E-state index in [2.05, 4.69) is 0 Å². The molecule has 1 heterocycles. The van der Waals surface area contributed by atoms with Crippen molar-refractivity contribution in [2.75, 3.05) is 26.3 Å². The number of rotatable bonds is 8. The van der Waals surface area contributed by atoms with Gasteiger partial charge in [0.15, 0.2) is 6.10 Å². The van der Waals surface area contributed by atoms with Crippen LogP contribution in [0.5, 0.6) is 11.5 Å². The van der Waals surface area contributed by atoms with Crippen molar-refractivity contribution in [3.8, 4) is 11.5 Å². The molecule has 1 aromatic carbocycles. The summed E-state index contributed by atoms with van der Waals surface area (Å²) in [7, 11) is 0. The highest BCUT2D eigenvalue weighted by Crippen LogP contribution is 2.18. The minimum Gasteiger partial charge on any atom is -0.494 e. The normalized spacial score (nSPS) is 20.2. The molecule has 138 valence electrons. The van der Waals surface area contributed by atoms with Crippen molar-refractivity contribution in [2.24, 2.45) is 0 Å². The fraction of sp³-hybridized carbons (Fsp3) is 0.556. The van der Waals surface area contributed by atoms with Crippen LogP contribution >= 0.6 is 0 Å². The van der Waals surface area contributed by atoms with E-state index >= 15 is 0 Å². The number of ether oxygens (including phenoxy) is 3. The third-order valence-corrected chi connectivity index (χ3v) is 3.83. The Hall–Kier alpha value is -2.28. The molecule has 25 heavy (non-hydrogen) atoms. The topological polar surface area (TPSA) is 85.3 Å². The monoisotopic (exact) mass is 351 g/mol. The average Bonchev–Trinajstić information content (AvgIpc) is 2.59. The molecule has 0 bridgehead atoms. The van der Waals surface area contributed by atoms with E-state index in [1.54, 1.807) is 11.8 Å². The summed E-state index contributed by atoms with van der Waals surface area (Å²) in [5, 5.41) is 9.06. The first-order valence-corrected chi connectivity index (χ1v) is 8.51. The van der Waals surface area contributed by atoms with Gasteiger partial charge in [0.05, 0.1) is 25.9 Å². The summed E-state index contributed by atoms with van der Waals surface area (Å²) in [6, 6.07) is 7.33. The number of morpholine rings is 1. The zero-order valence-electron chi connectivity index (χ0n) is 14.6. The Balaban J connectivity index is 1.72. The first kappa shape index (κ1) is 19.1. The van der Waals surface area contributed by atoms with E-state index in [1.807, 2.05) is 31.2 Å². The third kappa shape index (κ3) is 5.94. The number of carbonyl (C=O) groups is 2. The Bertz CT molecular complexity index is 573. The summed E-state index contributed by atoms with van der Waals surface area (Å²) >= 11 is 0. The van der Waals surface area contributed by atoms with Gasteiger partial charge in [-0.05, 0) is 44.5 Å². The minimum atomic E-state index is -1.04. The van der Waals surface area contributed by atoms with E-state index in [0.717, 1.165) is 11.5 Å². The summed E-state index contributed by atoms with van der Waals surface area (Å²) in [5.74, 6) is 0.404. The number of nitrogens with zero attached hydrogens (tertiary/aromatic N) is 1. The molecule has 1 amide bonds. The Morgan fingerprint density at radius 1 is 1.20 bits per heavy atom. The molecule has 7 heteroatoms. The lowest BCUT2D eigenvalue weighted by Gasteiger charge is -2.35. The van der Waals surface area contributed by atoms with E-state index in [1.165, 1.54) is 0 Å². The van der Waals surface area contributed by atoms with Gasteiger partial charge in [0.1, 0.15) is 11.5 Å². The van der Waals surface area contributed by atoms with Gasteiger partial charge in [0.2, 0.25) is 5.91 Å². The van der Waals surface area contributed by atoms with Crippen molar-refractivity contribution in [3.05, 3.63) is 24.3 Å². The Kier molecular flexibility index (Phi) is 7.06. The highest BCUT2D eigenvalue weighted by Gasteiger charge is 2.32. The third-order valence-electron chi connectivity index (χ3n) is 3.83. The first-order chi connectivity index (χ1) is 12.0. The summed E-state index contributed by atoms with van der Waals surface area (Å²) in [6.07, 6.45) is -0.349. The van der Waals surface area contributed by atoms with Crippen molar-refractivity contribution in [2.45, 2.75) is 38.9 Å². The molecule has 1 saturated heterocycles. The largest absolute Gasteiger partial charge is 0.494 e. The molecular weight excluding hydrogens is 326 g/mol. The molecule has 0 radical (unpaired) electrons.